The van der Waals surface area contributed by atoms with Crippen LogP contribution >= 0.6 is 0 Å². The average molecular weight is 232 g/mol. The first-order valence-electron chi connectivity index (χ1n) is 5.86. The zero-order chi connectivity index (χ0) is 12.6. The van der Waals surface area contributed by atoms with Gasteiger partial charge in [0.2, 0.25) is 0 Å². The van der Waals surface area contributed by atoms with Gasteiger partial charge in [-0.05, 0) is 37.5 Å². The fourth-order valence-corrected chi connectivity index (χ4v) is 2.30. The van der Waals surface area contributed by atoms with Gasteiger partial charge in [-0.1, -0.05) is 13.0 Å². The largest absolute Gasteiger partial charge is 0.387 e. The zero-order valence-electron chi connectivity index (χ0n) is 10.7. The first kappa shape index (κ1) is 11.8. The van der Waals surface area contributed by atoms with Gasteiger partial charge in [0.1, 0.15) is 11.3 Å². The van der Waals surface area contributed by atoms with Crippen molar-refractivity contribution in [2.24, 2.45) is 0 Å². The molecule has 0 fully saturated rings. The summed E-state index contributed by atoms with van der Waals surface area (Å²) in [5, 5.41) is 4.07. The van der Waals surface area contributed by atoms with Gasteiger partial charge in [0.25, 0.3) is 0 Å². The van der Waals surface area contributed by atoms with Crippen molar-refractivity contribution in [1.82, 2.24) is 4.98 Å². The Morgan fingerprint density at radius 1 is 1.29 bits per heavy atom. The van der Waals surface area contributed by atoms with Crippen LogP contribution in [0, 0.1) is 19.7 Å². The summed E-state index contributed by atoms with van der Waals surface area (Å²) in [7, 11) is 1.87. The van der Waals surface area contributed by atoms with E-state index in [1.807, 2.05) is 27.8 Å². The number of aromatic nitrogens is 1. The van der Waals surface area contributed by atoms with E-state index in [2.05, 4.69) is 10.3 Å². The molecule has 0 atom stereocenters. The van der Waals surface area contributed by atoms with E-state index in [1.165, 1.54) is 6.07 Å². The lowest BCUT2D eigenvalue weighted by Gasteiger charge is -2.15. The van der Waals surface area contributed by atoms with Crippen LogP contribution in [0.2, 0.25) is 0 Å². The van der Waals surface area contributed by atoms with Crippen LogP contribution < -0.4 is 5.32 Å². The van der Waals surface area contributed by atoms with E-state index in [9.17, 15) is 4.39 Å². The molecule has 90 valence electrons. The Labute approximate surface area is 101 Å². The molecule has 1 aromatic carbocycles. The van der Waals surface area contributed by atoms with Crippen LogP contribution in [0.1, 0.15) is 23.7 Å². The van der Waals surface area contributed by atoms with Crippen molar-refractivity contribution in [3.05, 3.63) is 34.8 Å². The van der Waals surface area contributed by atoms with Crippen LogP contribution in [-0.2, 0) is 6.42 Å². The van der Waals surface area contributed by atoms with Gasteiger partial charge >= 0.3 is 0 Å². The van der Waals surface area contributed by atoms with E-state index in [1.54, 1.807) is 6.07 Å². The van der Waals surface area contributed by atoms with Crippen molar-refractivity contribution in [1.29, 1.82) is 0 Å². The Bertz CT molecular complexity index is 576. The molecule has 0 aliphatic rings. The first-order chi connectivity index (χ1) is 8.10. The number of rotatable bonds is 2. The molecule has 0 aliphatic heterocycles. The Morgan fingerprint density at radius 2 is 2.00 bits per heavy atom. The molecule has 1 heterocycles. The van der Waals surface area contributed by atoms with Crippen molar-refractivity contribution in [3.8, 4) is 0 Å². The highest BCUT2D eigenvalue weighted by Gasteiger charge is 2.14. The number of benzene rings is 1. The van der Waals surface area contributed by atoms with E-state index >= 15 is 0 Å². The molecule has 0 aliphatic carbocycles. The fourth-order valence-electron chi connectivity index (χ4n) is 2.30. The van der Waals surface area contributed by atoms with Crippen LogP contribution in [0.3, 0.4) is 0 Å². The van der Waals surface area contributed by atoms with Crippen molar-refractivity contribution in [2.45, 2.75) is 27.2 Å². The third-order valence-corrected chi connectivity index (χ3v) is 3.23. The molecule has 0 spiro atoms. The second-order valence-electron chi connectivity index (χ2n) is 4.25. The summed E-state index contributed by atoms with van der Waals surface area (Å²) in [5.41, 5.74) is 4.56. The molecule has 0 unspecified atom stereocenters. The smallest absolute Gasteiger partial charge is 0.149 e. The second kappa shape index (κ2) is 4.32. The van der Waals surface area contributed by atoms with Crippen molar-refractivity contribution < 1.29 is 4.39 Å². The minimum atomic E-state index is -0.253. The second-order valence-corrected chi connectivity index (χ2v) is 4.25. The summed E-state index contributed by atoms with van der Waals surface area (Å²) in [6.45, 7) is 6.05. The van der Waals surface area contributed by atoms with Gasteiger partial charge in [-0.2, -0.15) is 0 Å². The van der Waals surface area contributed by atoms with Crippen molar-refractivity contribution >= 4 is 16.6 Å². The van der Waals surface area contributed by atoms with E-state index in [0.717, 1.165) is 34.3 Å². The van der Waals surface area contributed by atoms with Gasteiger partial charge in [0.05, 0.1) is 0 Å². The van der Waals surface area contributed by atoms with Gasteiger partial charge in [-0.3, -0.25) is 0 Å². The van der Waals surface area contributed by atoms with Gasteiger partial charge in [0, 0.05) is 23.8 Å². The number of hydrogen-bond donors (Lipinski definition) is 1. The van der Waals surface area contributed by atoms with Crippen molar-refractivity contribution in [3.63, 3.8) is 0 Å². The van der Waals surface area contributed by atoms with Crippen LogP contribution in [0.4, 0.5) is 10.1 Å². The predicted molar refractivity (Wildman–Crippen MR) is 70.1 cm³/mol. The number of nitrogens with one attached hydrogen (secondary N) is 1. The number of nitrogens with zero attached hydrogens (tertiary/aromatic N) is 1. The molecule has 1 aromatic heterocycles. The quantitative estimate of drug-likeness (QED) is 0.855. The predicted octanol–water partition coefficient (Wildman–Crippen LogP) is 3.59. The average Bonchev–Trinajstić information content (AvgIpc) is 2.33. The lowest BCUT2D eigenvalue weighted by molar-refractivity contribution is 0.636. The molecule has 0 bridgehead atoms. The molecular formula is C14H17FN2. The Morgan fingerprint density at radius 3 is 2.59 bits per heavy atom. The van der Waals surface area contributed by atoms with Crippen LogP contribution in [-0.4, -0.2) is 12.0 Å². The number of halogens is 1. The molecule has 2 rings (SSSR count). The number of fused-ring (bicyclic) bond motifs is 1. The molecule has 0 saturated carbocycles. The van der Waals surface area contributed by atoms with Crippen LogP contribution in [0.15, 0.2) is 12.1 Å². The molecule has 1 N–H and O–H groups in total. The maximum absolute atomic E-state index is 13.8. The number of hydrogen-bond acceptors (Lipinski definition) is 2. The topological polar surface area (TPSA) is 24.9 Å². The molecule has 0 saturated heterocycles. The molecular weight excluding hydrogens is 215 g/mol. The Kier molecular flexibility index (Phi) is 3.01. The summed E-state index contributed by atoms with van der Waals surface area (Å²) < 4.78 is 13.8. The first-order valence-corrected chi connectivity index (χ1v) is 5.86. The maximum Gasteiger partial charge on any atom is 0.149 e. The zero-order valence-corrected chi connectivity index (χ0v) is 10.7. The highest BCUT2D eigenvalue weighted by Crippen LogP contribution is 2.31. The lowest BCUT2D eigenvalue weighted by Crippen LogP contribution is -2.03. The van der Waals surface area contributed by atoms with E-state index < -0.39 is 0 Å². The SMILES string of the molecule is CCc1nc2c(F)ccc(C)c2c(NC)c1C. The third kappa shape index (κ3) is 1.75. The van der Waals surface area contributed by atoms with Gasteiger partial charge < -0.3 is 5.32 Å². The third-order valence-electron chi connectivity index (χ3n) is 3.23. The number of aryl methyl sites for hydroxylation is 2. The molecule has 0 amide bonds. The standard InChI is InChI=1S/C14H17FN2/c1-5-11-9(3)13(16-4)12-8(2)6-7-10(15)14(12)17-11/h6-7H,5H2,1-4H3,(H,16,17). The van der Waals surface area contributed by atoms with Gasteiger partial charge in [-0.15, -0.1) is 0 Å². The maximum atomic E-state index is 13.8. The highest BCUT2D eigenvalue weighted by atomic mass is 19.1. The Hall–Kier alpha value is -1.64. The highest BCUT2D eigenvalue weighted by molar-refractivity contribution is 5.96. The molecule has 2 aromatic rings. The minimum absolute atomic E-state index is 0.253. The van der Waals surface area contributed by atoms with Crippen LogP contribution in [0.25, 0.3) is 10.9 Å². The molecule has 2 nitrogen and oxygen atoms in total. The number of pyridine rings is 1. The summed E-state index contributed by atoms with van der Waals surface area (Å²) >= 11 is 0. The fraction of sp³-hybridized carbons (Fsp3) is 0.357. The molecule has 3 heteroatoms. The van der Waals surface area contributed by atoms with Crippen LogP contribution in [0.5, 0.6) is 0 Å². The Balaban J connectivity index is 2.97. The summed E-state index contributed by atoms with van der Waals surface area (Å²) in [6, 6.07) is 3.28. The lowest BCUT2D eigenvalue weighted by atomic mass is 10.0. The monoisotopic (exact) mass is 232 g/mol. The minimum Gasteiger partial charge on any atom is -0.387 e. The molecule has 17 heavy (non-hydrogen) atoms. The summed E-state index contributed by atoms with van der Waals surface area (Å²) in [6.07, 6.45) is 0.809. The van der Waals surface area contributed by atoms with Gasteiger partial charge in [-0.25, -0.2) is 9.37 Å². The van der Waals surface area contributed by atoms with Crippen molar-refractivity contribution in [2.75, 3.05) is 12.4 Å². The van der Waals surface area contributed by atoms with E-state index in [-0.39, 0.29) is 5.82 Å². The van der Waals surface area contributed by atoms with Gasteiger partial charge in [0.15, 0.2) is 0 Å². The van der Waals surface area contributed by atoms with E-state index in [0.29, 0.717) is 5.52 Å². The summed E-state index contributed by atoms with van der Waals surface area (Å²) in [4.78, 5) is 4.45. The number of anilines is 1. The normalized spacial score (nSPS) is 10.9. The summed E-state index contributed by atoms with van der Waals surface area (Å²) in [5.74, 6) is -0.253. The molecule has 0 radical (unpaired) electrons. The van der Waals surface area contributed by atoms with E-state index in [4.69, 9.17) is 0 Å².